The second kappa shape index (κ2) is 5.46. The quantitative estimate of drug-likeness (QED) is 0.794. The lowest BCUT2D eigenvalue weighted by atomic mass is 10.2. The third-order valence-corrected chi connectivity index (χ3v) is 3.55. The van der Waals surface area contributed by atoms with Gasteiger partial charge in [-0.15, -0.1) is 0 Å². The normalized spacial score (nSPS) is 23.8. The van der Waals surface area contributed by atoms with Crippen molar-refractivity contribution in [3.05, 3.63) is 18.0 Å². The molecule has 0 spiro atoms. The molecular weight excluding hydrogens is 200 g/mol. The number of nitrogens with one attached hydrogen (secondary N) is 2. The van der Waals surface area contributed by atoms with Crippen molar-refractivity contribution in [1.29, 1.82) is 0 Å². The molecule has 1 aromatic rings. The molecule has 4 heteroatoms. The molecule has 2 unspecified atom stereocenters. The van der Waals surface area contributed by atoms with E-state index in [-0.39, 0.29) is 0 Å². The van der Waals surface area contributed by atoms with Crippen LogP contribution in [0.5, 0.6) is 0 Å². The molecule has 0 aromatic carbocycles. The Labute approximate surface area is 97.4 Å². The van der Waals surface area contributed by atoms with E-state index < -0.39 is 0 Å². The molecule has 2 heterocycles. The van der Waals surface area contributed by atoms with E-state index in [0.29, 0.717) is 6.04 Å². The van der Waals surface area contributed by atoms with Gasteiger partial charge in [-0.2, -0.15) is 5.10 Å². The molecule has 0 amide bonds. The maximum absolute atomic E-state index is 3.98. The lowest BCUT2D eigenvalue weighted by molar-refractivity contribution is 0.255. The fraction of sp³-hybridized carbons (Fsp3) is 0.750. The first-order chi connectivity index (χ1) is 7.81. The lowest BCUT2D eigenvalue weighted by Gasteiger charge is -2.24. The smallest absolute Gasteiger partial charge is 0.0518 e. The van der Waals surface area contributed by atoms with Crippen molar-refractivity contribution in [2.24, 2.45) is 0 Å². The third kappa shape index (κ3) is 2.62. The molecule has 1 aliphatic heterocycles. The monoisotopic (exact) mass is 222 g/mol. The zero-order chi connectivity index (χ0) is 11.4. The highest BCUT2D eigenvalue weighted by molar-refractivity contribution is 5.03. The Morgan fingerprint density at radius 1 is 1.69 bits per heavy atom. The van der Waals surface area contributed by atoms with E-state index in [4.69, 9.17) is 0 Å². The summed E-state index contributed by atoms with van der Waals surface area (Å²) in [7, 11) is 0. The fourth-order valence-electron chi connectivity index (χ4n) is 2.47. The molecule has 1 fully saturated rings. The second-order valence-corrected chi connectivity index (χ2v) is 4.57. The fourth-order valence-corrected chi connectivity index (χ4v) is 2.47. The lowest BCUT2D eigenvalue weighted by Crippen LogP contribution is -2.38. The standard InChI is InChI=1S/C12H22N4/c1-3-16-8-4-5-11(16)9-13-10(2)12-6-7-14-15-12/h6-7,10-11,13H,3-5,8-9H2,1-2H3,(H,14,15). The van der Waals surface area contributed by atoms with Crippen LogP contribution in [0.15, 0.2) is 12.3 Å². The Hall–Kier alpha value is -0.870. The summed E-state index contributed by atoms with van der Waals surface area (Å²) >= 11 is 0. The second-order valence-electron chi connectivity index (χ2n) is 4.57. The number of H-pyrrole nitrogens is 1. The molecule has 0 aliphatic carbocycles. The topological polar surface area (TPSA) is 44.0 Å². The van der Waals surface area contributed by atoms with Crippen molar-refractivity contribution in [3.63, 3.8) is 0 Å². The van der Waals surface area contributed by atoms with Crippen molar-refractivity contribution in [1.82, 2.24) is 20.4 Å². The molecule has 2 N–H and O–H groups in total. The summed E-state index contributed by atoms with van der Waals surface area (Å²) in [5, 5.41) is 10.6. The van der Waals surface area contributed by atoms with Gasteiger partial charge < -0.3 is 5.32 Å². The van der Waals surface area contributed by atoms with Crippen LogP contribution < -0.4 is 5.32 Å². The van der Waals surface area contributed by atoms with Gasteiger partial charge in [-0.3, -0.25) is 10.00 Å². The Kier molecular flexibility index (Phi) is 3.96. The van der Waals surface area contributed by atoms with Crippen LogP contribution in [-0.2, 0) is 0 Å². The number of aromatic amines is 1. The third-order valence-electron chi connectivity index (χ3n) is 3.55. The molecule has 2 atom stereocenters. The Morgan fingerprint density at radius 2 is 2.56 bits per heavy atom. The minimum absolute atomic E-state index is 0.363. The minimum atomic E-state index is 0.363. The van der Waals surface area contributed by atoms with Gasteiger partial charge in [0.1, 0.15) is 0 Å². The summed E-state index contributed by atoms with van der Waals surface area (Å²) in [6.07, 6.45) is 4.48. The number of likely N-dealkylation sites (tertiary alicyclic amines) is 1. The molecule has 1 aromatic heterocycles. The Morgan fingerprint density at radius 3 is 3.25 bits per heavy atom. The van der Waals surface area contributed by atoms with Gasteiger partial charge in [-0.05, 0) is 38.9 Å². The zero-order valence-electron chi connectivity index (χ0n) is 10.2. The van der Waals surface area contributed by atoms with Gasteiger partial charge in [-0.1, -0.05) is 6.92 Å². The molecule has 1 saturated heterocycles. The Balaban J connectivity index is 1.78. The summed E-state index contributed by atoms with van der Waals surface area (Å²) in [5.41, 5.74) is 1.17. The maximum atomic E-state index is 3.98. The highest BCUT2D eigenvalue weighted by atomic mass is 15.2. The van der Waals surface area contributed by atoms with Crippen molar-refractivity contribution >= 4 is 0 Å². The van der Waals surface area contributed by atoms with Crippen LogP contribution >= 0.6 is 0 Å². The van der Waals surface area contributed by atoms with Crippen LogP contribution in [0, 0.1) is 0 Å². The molecule has 0 radical (unpaired) electrons. The average molecular weight is 222 g/mol. The van der Waals surface area contributed by atoms with Gasteiger partial charge in [0.15, 0.2) is 0 Å². The van der Waals surface area contributed by atoms with Gasteiger partial charge >= 0.3 is 0 Å². The SMILES string of the molecule is CCN1CCCC1CNC(C)c1ccn[nH]1. The number of hydrogen-bond acceptors (Lipinski definition) is 3. The first kappa shape index (κ1) is 11.6. The van der Waals surface area contributed by atoms with E-state index in [1.54, 1.807) is 6.20 Å². The summed E-state index contributed by atoms with van der Waals surface area (Å²) in [6.45, 7) is 7.94. The summed E-state index contributed by atoms with van der Waals surface area (Å²) in [4.78, 5) is 2.56. The maximum Gasteiger partial charge on any atom is 0.0518 e. The number of nitrogens with zero attached hydrogens (tertiary/aromatic N) is 2. The molecule has 2 rings (SSSR count). The van der Waals surface area contributed by atoms with E-state index in [1.807, 2.05) is 6.07 Å². The highest BCUT2D eigenvalue weighted by Crippen LogP contribution is 2.17. The summed E-state index contributed by atoms with van der Waals surface area (Å²) in [5.74, 6) is 0. The van der Waals surface area contributed by atoms with Crippen molar-refractivity contribution in [2.75, 3.05) is 19.6 Å². The van der Waals surface area contributed by atoms with E-state index in [0.717, 1.165) is 12.6 Å². The Bertz CT molecular complexity index is 296. The van der Waals surface area contributed by atoms with Crippen molar-refractivity contribution in [3.8, 4) is 0 Å². The summed E-state index contributed by atoms with van der Waals surface area (Å²) in [6, 6.07) is 3.11. The van der Waals surface area contributed by atoms with Gasteiger partial charge in [0.05, 0.1) is 5.69 Å². The molecular formula is C12H22N4. The van der Waals surface area contributed by atoms with Crippen LogP contribution in [0.1, 0.15) is 38.4 Å². The average Bonchev–Trinajstić information content (AvgIpc) is 2.96. The van der Waals surface area contributed by atoms with E-state index in [1.165, 1.54) is 31.6 Å². The first-order valence-electron chi connectivity index (χ1n) is 6.28. The summed E-state index contributed by atoms with van der Waals surface area (Å²) < 4.78 is 0. The minimum Gasteiger partial charge on any atom is -0.307 e. The van der Waals surface area contributed by atoms with Crippen LogP contribution in [0.25, 0.3) is 0 Å². The van der Waals surface area contributed by atoms with E-state index in [2.05, 4.69) is 34.3 Å². The largest absolute Gasteiger partial charge is 0.307 e. The molecule has 90 valence electrons. The predicted octanol–water partition coefficient (Wildman–Crippen LogP) is 1.54. The number of aromatic nitrogens is 2. The van der Waals surface area contributed by atoms with Crippen molar-refractivity contribution in [2.45, 2.75) is 38.8 Å². The van der Waals surface area contributed by atoms with Crippen molar-refractivity contribution < 1.29 is 0 Å². The van der Waals surface area contributed by atoms with Crippen LogP contribution in [0.3, 0.4) is 0 Å². The van der Waals surface area contributed by atoms with Crippen LogP contribution in [0.2, 0.25) is 0 Å². The molecule has 1 aliphatic rings. The van der Waals surface area contributed by atoms with E-state index >= 15 is 0 Å². The van der Waals surface area contributed by atoms with Gasteiger partial charge in [0, 0.05) is 24.8 Å². The highest BCUT2D eigenvalue weighted by Gasteiger charge is 2.23. The van der Waals surface area contributed by atoms with Gasteiger partial charge in [-0.25, -0.2) is 0 Å². The number of hydrogen-bond donors (Lipinski definition) is 2. The van der Waals surface area contributed by atoms with Gasteiger partial charge in [0.25, 0.3) is 0 Å². The predicted molar refractivity (Wildman–Crippen MR) is 65.3 cm³/mol. The first-order valence-corrected chi connectivity index (χ1v) is 6.28. The number of rotatable bonds is 5. The van der Waals surface area contributed by atoms with Gasteiger partial charge in [0.2, 0.25) is 0 Å². The molecule has 0 saturated carbocycles. The van der Waals surface area contributed by atoms with E-state index in [9.17, 15) is 0 Å². The molecule has 16 heavy (non-hydrogen) atoms. The zero-order valence-corrected chi connectivity index (χ0v) is 10.2. The van der Waals surface area contributed by atoms with Crippen LogP contribution in [-0.4, -0.2) is 40.8 Å². The molecule has 4 nitrogen and oxygen atoms in total. The van der Waals surface area contributed by atoms with Crippen LogP contribution in [0.4, 0.5) is 0 Å². The molecule has 0 bridgehead atoms. The number of likely N-dealkylation sites (N-methyl/N-ethyl adjacent to an activating group) is 1.